The van der Waals surface area contributed by atoms with Crippen molar-refractivity contribution in [2.75, 3.05) is 13.2 Å². The van der Waals surface area contributed by atoms with E-state index in [9.17, 15) is 24.6 Å². The summed E-state index contributed by atoms with van der Waals surface area (Å²) in [5, 5.41) is 22.0. The van der Waals surface area contributed by atoms with Crippen molar-refractivity contribution < 1.29 is 29.3 Å². The van der Waals surface area contributed by atoms with Crippen LogP contribution in [0.25, 0.3) is 11.1 Å². The smallest absolute Gasteiger partial charge is 0.407 e. The molecule has 180 valence electrons. The molecule has 4 rings (SSSR count). The number of alkyl carbamates (subject to hydrolysis) is 1. The zero-order valence-electron chi connectivity index (χ0n) is 19.1. The van der Waals surface area contributed by atoms with Gasteiger partial charge in [-0.2, -0.15) is 0 Å². The summed E-state index contributed by atoms with van der Waals surface area (Å²) in [5.41, 5.74) is 4.42. The van der Waals surface area contributed by atoms with Gasteiger partial charge < -0.3 is 25.2 Å². The molecule has 0 bridgehead atoms. The number of β-amino-alcohol motifs (C(OH)–C–C–N with tert-alkyl or cyclic N) is 1. The number of carbonyl (C=O) groups excluding carboxylic acids is 2. The van der Waals surface area contributed by atoms with Crippen LogP contribution in [0.1, 0.15) is 49.7 Å². The van der Waals surface area contributed by atoms with Crippen LogP contribution in [0.5, 0.6) is 0 Å². The molecule has 8 nitrogen and oxygen atoms in total. The highest BCUT2D eigenvalue weighted by Crippen LogP contribution is 2.44. The van der Waals surface area contributed by atoms with Crippen LogP contribution >= 0.6 is 0 Å². The number of nitrogens with zero attached hydrogens (tertiary/aromatic N) is 1. The van der Waals surface area contributed by atoms with Gasteiger partial charge in [0.05, 0.1) is 6.10 Å². The van der Waals surface area contributed by atoms with Gasteiger partial charge in [-0.3, -0.25) is 4.79 Å². The third kappa shape index (κ3) is 4.77. The van der Waals surface area contributed by atoms with Crippen LogP contribution in [-0.4, -0.2) is 64.4 Å². The van der Waals surface area contributed by atoms with Crippen LogP contribution in [-0.2, 0) is 14.3 Å². The standard InChI is InChI=1S/C26H30N2O6/c1-2-3-12-22(24(30)28-14-16(29)13-23(28)25(31)32)27-26(33)34-15-21-19-10-6-4-8-17(19)18-9-5-7-11-20(18)21/h4-11,16,21-23,29H,2-3,12-15H2,1H3,(H,27,33)(H,31,32)/t16?,22?,23-/m0/s1. The van der Waals surface area contributed by atoms with Gasteiger partial charge in [0.15, 0.2) is 0 Å². The fourth-order valence-corrected chi connectivity index (χ4v) is 4.94. The van der Waals surface area contributed by atoms with Crippen LogP contribution in [0.3, 0.4) is 0 Å². The Kier molecular flexibility index (Phi) is 7.17. The molecule has 3 N–H and O–H groups in total. The molecule has 0 radical (unpaired) electrons. The Balaban J connectivity index is 1.44. The monoisotopic (exact) mass is 466 g/mol. The molecule has 34 heavy (non-hydrogen) atoms. The van der Waals surface area contributed by atoms with Crippen molar-refractivity contribution in [2.45, 2.75) is 56.7 Å². The molecule has 0 saturated carbocycles. The zero-order valence-corrected chi connectivity index (χ0v) is 19.1. The van der Waals surface area contributed by atoms with Gasteiger partial charge in [-0.1, -0.05) is 68.3 Å². The third-order valence-electron chi connectivity index (χ3n) is 6.63. The number of nitrogens with one attached hydrogen (secondary N) is 1. The maximum Gasteiger partial charge on any atom is 0.407 e. The molecule has 8 heteroatoms. The molecule has 1 heterocycles. The third-order valence-corrected chi connectivity index (χ3v) is 6.63. The van der Waals surface area contributed by atoms with E-state index < -0.39 is 36.2 Å². The van der Waals surface area contributed by atoms with Crippen molar-refractivity contribution in [3.63, 3.8) is 0 Å². The largest absolute Gasteiger partial charge is 0.480 e. The predicted molar refractivity (Wildman–Crippen MR) is 125 cm³/mol. The number of carboxylic acid groups (broad SMARTS) is 1. The molecule has 2 unspecified atom stereocenters. The molecule has 0 spiro atoms. The Morgan fingerprint density at radius 2 is 1.71 bits per heavy atom. The number of likely N-dealkylation sites (tertiary alicyclic amines) is 1. The highest BCUT2D eigenvalue weighted by molar-refractivity contribution is 5.90. The van der Waals surface area contributed by atoms with E-state index in [2.05, 4.69) is 17.4 Å². The van der Waals surface area contributed by atoms with E-state index in [0.717, 1.165) is 33.6 Å². The van der Waals surface area contributed by atoms with Crippen LogP contribution in [0.2, 0.25) is 0 Å². The number of benzene rings is 2. The van der Waals surface area contributed by atoms with Gasteiger partial charge in [0.1, 0.15) is 18.7 Å². The minimum atomic E-state index is -1.17. The van der Waals surface area contributed by atoms with Crippen molar-refractivity contribution in [3.8, 4) is 11.1 Å². The maximum absolute atomic E-state index is 13.1. The highest BCUT2D eigenvalue weighted by atomic mass is 16.5. The summed E-state index contributed by atoms with van der Waals surface area (Å²) in [5.74, 6) is -1.78. The SMILES string of the molecule is CCCCC(NC(=O)OCC1c2ccccc2-c2ccccc21)C(=O)N1CC(O)C[C@H]1C(=O)O. The summed E-state index contributed by atoms with van der Waals surface area (Å²) >= 11 is 0. The minimum Gasteiger partial charge on any atom is -0.480 e. The van der Waals surface area contributed by atoms with E-state index >= 15 is 0 Å². The van der Waals surface area contributed by atoms with E-state index in [1.54, 1.807) is 0 Å². The van der Waals surface area contributed by atoms with Gasteiger partial charge in [-0.15, -0.1) is 0 Å². The fourth-order valence-electron chi connectivity index (χ4n) is 4.94. The van der Waals surface area contributed by atoms with Crippen molar-refractivity contribution in [2.24, 2.45) is 0 Å². The first-order valence-electron chi connectivity index (χ1n) is 11.7. The summed E-state index contributed by atoms with van der Waals surface area (Å²) in [6.45, 7) is 2.02. The lowest BCUT2D eigenvalue weighted by Crippen LogP contribution is -2.52. The molecule has 1 fully saturated rings. The number of aliphatic hydroxyl groups excluding tert-OH is 1. The average molecular weight is 467 g/mol. The molecule has 2 amide bonds. The van der Waals surface area contributed by atoms with Crippen LogP contribution in [0.15, 0.2) is 48.5 Å². The van der Waals surface area contributed by atoms with Crippen LogP contribution < -0.4 is 5.32 Å². The highest BCUT2D eigenvalue weighted by Gasteiger charge is 2.41. The van der Waals surface area contributed by atoms with E-state index in [1.165, 1.54) is 0 Å². The van der Waals surface area contributed by atoms with E-state index in [0.29, 0.717) is 12.8 Å². The predicted octanol–water partition coefficient (Wildman–Crippen LogP) is 3.13. The van der Waals surface area contributed by atoms with Crippen molar-refractivity contribution in [1.82, 2.24) is 10.2 Å². The van der Waals surface area contributed by atoms with Gasteiger partial charge in [-0.25, -0.2) is 9.59 Å². The van der Waals surface area contributed by atoms with Crippen molar-refractivity contribution >= 4 is 18.0 Å². The minimum absolute atomic E-state index is 0.0213. The first kappa shape index (κ1) is 23.8. The van der Waals surface area contributed by atoms with Crippen molar-refractivity contribution in [3.05, 3.63) is 59.7 Å². The number of aliphatic hydroxyl groups is 1. The molecule has 2 aromatic carbocycles. The Morgan fingerprint density at radius 1 is 1.09 bits per heavy atom. The second kappa shape index (κ2) is 10.3. The topological polar surface area (TPSA) is 116 Å². The van der Waals surface area contributed by atoms with Crippen LogP contribution in [0, 0.1) is 0 Å². The van der Waals surface area contributed by atoms with E-state index in [-0.39, 0.29) is 25.5 Å². The zero-order chi connectivity index (χ0) is 24.2. The summed E-state index contributed by atoms with van der Waals surface area (Å²) in [4.78, 5) is 38.5. The van der Waals surface area contributed by atoms with Gasteiger partial charge in [-0.05, 0) is 28.7 Å². The second-order valence-corrected chi connectivity index (χ2v) is 8.90. The molecular weight excluding hydrogens is 436 g/mol. The molecular formula is C26H30N2O6. The number of carbonyl (C=O) groups is 3. The van der Waals surface area contributed by atoms with Gasteiger partial charge in [0, 0.05) is 18.9 Å². The number of hydrogen-bond acceptors (Lipinski definition) is 5. The average Bonchev–Trinajstić information content (AvgIpc) is 3.38. The Morgan fingerprint density at radius 3 is 2.29 bits per heavy atom. The number of ether oxygens (including phenoxy) is 1. The molecule has 2 aromatic rings. The van der Waals surface area contributed by atoms with Gasteiger partial charge in [0.25, 0.3) is 0 Å². The van der Waals surface area contributed by atoms with Gasteiger partial charge >= 0.3 is 12.1 Å². The Hall–Kier alpha value is -3.39. The Labute approximate surface area is 198 Å². The molecule has 3 atom stereocenters. The summed E-state index contributed by atoms with van der Waals surface area (Å²) in [7, 11) is 0. The van der Waals surface area contributed by atoms with E-state index in [4.69, 9.17) is 4.74 Å². The van der Waals surface area contributed by atoms with Gasteiger partial charge in [0.2, 0.25) is 5.91 Å². The lowest BCUT2D eigenvalue weighted by atomic mass is 9.98. The quantitative estimate of drug-likeness (QED) is 0.551. The van der Waals surface area contributed by atoms with Crippen molar-refractivity contribution in [1.29, 1.82) is 0 Å². The first-order valence-corrected chi connectivity index (χ1v) is 11.7. The number of rotatable bonds is 8. The summed E-state index contributed by atoms with van der Waals surface area (Å²) in [6.07, 6.45) is 0.203. The second-order valence-electron chi connectivity index (χ2n) is 8.90. The normalized spacial score (nSPS) is 19.9. The number of unbranched alkanes of at least 4 members (excludes halogenated alkanes) is 1. The van der Waals surface area contributed by atoms with E-state index in [1.807, 2.05) is 43.3 Å². The molecule has 0 aromatic heterocycles. The number of carboxylic acids is 1. The number of aliphatic carboxylic acids is 1. The maximum atomic E-state index is 13.1. The molecule has 2 aliphatic rings. The Bertz CT molecular complexity index is 1030. The molecule has 1 aliphatic heterocycles. The summed E-state index contributed by atoms with van der Waals surface area (Å²) < 4.78 is 5.57. The molecule has 1 saturated heterocycles. The number of amides is 2. The van der Waals surface area contributed by atoms with Crippen LogP contribution in [0.4, 0.5) is 4.79 Å². The summed E-state index contributed by atoms with van der Waals surface area (Å²) in [6, 6.07) is 14.0. The first-order chi connectivity index (χ1) is 16.4. The number of hydrogen-bond donors (Lipinski definition) is 3. The number of fused-ring (bicyclic) bond motifs is 3. The lowest BCUT2D eigenvalue weighted by molar-refractivity contribution is -0.149. The molecule has 1 aliphatic carbocycles. The fraction of sp³-hybridized carbons (Fsp3) is 0.423. The lowest BCUT2D eigenvalue weighted by Gasteiger charge is -2.27.